The molecule has 0 aromatic heterocycles. The SMILES string of the molecule is COc1ccc2c(c1)CC[C@@H]1[C@@H]2CC[C@]2(C)C(=O)[C@@H](Cc3cccc(C(N)=O)c3)C[C@@H]12. The lowest BCUT2D eigenvalue weighted by molar-refractivity contribution is -0.131. The van der Waals surface area contributed by atoms with Gasteiger partial charge in [0.25, 0.3) is 0 Å². The predicted molar refractivity (Wildman–Crippen MR) is 120 cm³/mol. The summed E-state index contributed by atoms with van der Waals surface area (Å²) < 4.78 is 5.44. The number of hydrogen-bond acceptors (Lipinski definition) is 3. The molecule has 0 aliphatic heterocycles. The van der Waals surface area contributed by atoms with E-state index in [0.717, 1.165) is 43.4 Å². The van der Waals surface area contributed by atoms with Crippen molar-refractivity contribution in [2.45, 2.75) is 51.4 Å². The molecule has 0 spiro atoms. The fraction of sp³-hybridized carbons (Fsp3) is 0.481. The van der Waals surface area contributed by atoms with Crippen LogP contribution in [0.2, 0.25) is 0 Å². The van der Waals surface area contributed by atoms with Crippen molar-refractivity contribution in [2.24, 2.45) is 28.9 Å². The number of carbonyl (C=O) groups is 2. The van der Waals surface area contributed by atoms with Gasteiger partial charge in [-0.1, -0.05) is 25.1 Å². The summed E-state index contributed by atoms with van der Waals surface area (Å²) in [6.45, 7) is 2.22. The van der Waals surface area contributed by atoms with E-state index in [0.29, 0.717) is 35.5 Å². The molecule has 1 amide bonds. The minimum Gasteiger partial charge on any atom is -0.497 e. The quantitative estimate of drug-likeness (QED) is 0.785. The molecule has 2 saturated carbocycles. The molecule has 2 fully saturated rings. The molecule has 0 radical (unpaired) electrons. The van der Waals surface area contributed by atoms with E-state index >= 15 is 0 Å². The zero-order valence-electron chi connectivity index (χ0n) is 18.4. The highest BCUT2D eigenvalue weighted by molar-refractivity contribution is 5.93. The van der Waals surface area contributed by atoms with E-state index < -0.39 is 5.91 Å². The first kappa shape index (κ1) is 20.3. The Morgan fingerprint density at radius 3 is 2.81 bits per heavy atom. The number of amides is 1. The Balaban J connectivity index is 1.40. The number of methoxy groups -OCH3 is 1. The summed E-state index contributed by atoms with van der Waals surface area (Å²) in [5, 5.41) is 0. The standard InChI is InChI=1S/C27H31NO3/c1-27-11-10-22-21-9-7-20(31-2)14-17(21)6-8-23(22)24(27)15-19(25(27)29)13-16-4-3-5-18(12-16)26(28)30/h3-5,7,9,12,14,19,22-24H,6,8,10-11,13,15H2,1-2H3,(H2,28,30)/t19-,22+,23+,24-,27-/m0/s1. The molecule has 3 aliphatic rings. The molecule has 0 bridgehead atoms. The van der Waals surface area contributed by atoms with Crippen molar-refractivity contribution in [3.8, 4) is 5.75 Å². The van der Waals surface area contributed by atoms with Crippen molar-refractivity contribution < 1.29 is 14.3 Å². The Morgan fingerprint density at radius 2 is 2.03 bits per heavy atom. The van der Waals surface area contributed by atoms with Gasteiger partial charge in [-0.2, -0.15) is 0 Å². The average Bonchev–Trinajstić information content (AvgIpc) is 3.03. The fourth-order valence-electron chi connectivity index (χ4n) is 6.94. The Kier molecular flexibility index (Phi) is 4.91. The second-order valence-corrected chi connectivity index (χ2v) is 10.0. The highest BCUT2D eigenvalue weighted by Gasteiger charge is 2.57. The van der Waals surface area contributed by atoms with Crippen LogP contribution in [0.1, 0.15) is 65.6 Å². The van der Waals surface area contributed by atoms with Crippen LogP contribution in [0.25, 0.3) is 0 Å². The maximum Gasteiger partial charge on any atom is 0.248 e. The molecule has 162 valence electrons. The number of nitrogens with two attached hydrogens (primary N) is 1. The third-order valence-electron chi connectivity index (χ3n) is 8.49. The van der Waals surface area contributed by atoms with Gasteiger partial charge < -0.3 is 10.5 Å². The summed E-state index contributed by atoms with van der Waals surface area (Å²) in [4.78, 5) is 25.1. The lowest BCUT2D eigenvalue weighted by Gasteiger charge is -2.48. The summed E-state index contributed by atoms with van der Waals surface area (Å²) in [7, 11) is 1.73. The fourth-order valence-corrected chi connectivity index (χ4v) is 6.94. The number of carbonyl (C=O) groups excluding carboxylic acids is 2. The van der Waals surface area contributed by atoms with Crippen molar-refractivity contribution in [3.05, 3.63) is 64.7 Å². The number of rotatable bonds is 4. The Morgan fingerprint density at radius 1 is 1.19 bits per heavy atom. The monoisotopic (exact) mass is 417 g/mol. The molecule has 5 atom stereocenters. The average molecular weight is 418 g/mol. The van der Waals surface area contributed by atoms with Gasteiger partial charge in [0.1, 0.15) is 11.5 Å². The molecule has 2 aromatic rings. The molecule has 0 saturated heterocycles. The van der Waals surface area contributed by atoms with Crippen LogP contribution >= 0.6 is 0 Å². The normalized spacial score (nSPS) is 31.5. The number of ketones is 1. The van der Waals surface area contributed by atoms with Crippen LogP contribution < -0.4 is 10.5 Å². The number of benzene rings is 2. The zero-order chi connectivity index (χ0) is 21.8. The maximum atomic E-state index is 13.6. The van der Waals surface area contributed by atoms with Crippen LogP contribution in [0.3, 0.4) is 0 Å². The summed E-state index contributed by atoms with van der Waals surface area (Å²) in [6.07, 6.45) is 5.95. The van der Waals surface area contributed by atoms with E-state index in [4.69, 9.17) is 10.5 Å². The molecule has 31 heavy (non-hydrogen) atoms. The van der Waals surface area contributed by atoms with Crippen LogP contribution in [0.4, 0.5) is 0 Å². The van der Waals surface area contributed by atoms with Crippen molar-refractivity contribution in [1.29, 1.82) is 0 Å². The minimum atomic E-state index is -0.416. The smallest absolute Gasteiger partial charge is 0.248 e. The zero-order valence-corrected chi connectivity index (χ0v) is 18.4. The molecule has 2 N–H and O–H groups in total. The second kappa shape index (κ2) is 7.51. The number of ether oxygens (including phenoxy) is 1. The van der Waals surface area contributed by atoms with Crippen LogP contribution in [-0.2, 0) is 17.6 Å². The molecule has 3 aliphatic carbocycles. The molecule has 5 rings (SSSR count). The van der Waals surface area contributed by atoms with E-state index in [-0.39, 0.29) is 11.3 Å². The van der Waals surface area contributed by atoms with Gasteiger partial charge in [0.2, 0.25) is 5.91 Å². The maximum absolute atomic E-state index is 13.6. The van der Waals surface area contributed by atoms with Crippen molar-refractivity contribution >= 4 is 11.7 Å². The summed E-state index contributed by atoms with van der Waals surface area (Å²) in [6, 6.07) is 14.0. The summed E-state index contributed by atoms with van der Waals surface area (Å²) in [5.41, 5.74) is 9.70. The van der Waals surface area contributed by atoms with Crippen LogP contribution in [0.5, 0.6) is 5.75 Å². The lowest BCUT2D eigenvalue weighted by atomic mass is 9.55. The van der Waals surface area contributed by atoms with Crippen LogP contribution in [-0.4, -0.2) is 18.8 Å². The van der Waals surface area contributed by atoms with Crippen LogP contribution in [0.15, 0.2) is 42.5 Å². The Hall–Kier alpha value is -2.62. The molecule has 4 heteroatoms. The molecule has 0 heterocycles. The predicted octanol–water partition coefficient (Wildman–Crippen LogP) is 4.69. The second-order valence-electron chi connectivity index (χ2n) is 10.0. The van der Waals surface area contributed by atoms with E-state index in [9.17, 15) is 9.59 Å². The van der Waals surface area contributed by atoms with Crippen LogP contribution in [0, 0.1) is 23.2 Å². The highest BCUT2D eigenvalue weighted by atomic mass is 16.5. The summed E-state index contributed by atoms with van der Waals surface area (Å²) in [5.74, 6) is 2.56. The topological polar surface area (TPSA) is 69.4 Å². The van der Waals surface area contributed by atoms with Gasteiger partial charge in [0, 0.05) is 16.9 Å². The molecular formula is C27H31NO3. The number of aryl methyl sites for hydroxylation is 1. The van der Waals surface area contributed by atoms with Gasteiger partial charge in [-0.3, -0.25) is 9.59 Å². The Bertz CT molecular complexity index is 1040. The van der Waals surface area contributed by atoms with E-state index in [1.165, 1.54) is 11.1 Å². The van der Waals surface area contributed by atoms with Crippen molar-refractivity contribution in [1.82, 2.24) is 0 Å². The third kappa shape index (κ3) is 3.28. The number of primary amides is 1. The summed E-state index contributed by atoms with van der Waals surface area (Å²) >= 11 is 0. The van der Waals surface area contributed by atoms with Gasteiger partial charge in [-0.05, 0) is 97.2 Å². The number of hydrogen-bond donors (Lipinski definition) is 1. The minimum absolute atomic E-state index is 0.0362. The molecular weight excluding hydrogens is 386 g/mol. The van der Waals surface area contributed by atoms with Crippen molar-refractivity contribution in [2.75, 3.05) is 7.11 Å². The number of Topliss-reactive ketones (excluding diaryl/α,β-unsaturated/α-hetero) is 1. The van der Waals surface area contributed by atoms with E-state index in [1.54, 1.807) is 13.2 Å². The van der Waals surface area contributed by atoms with Gasteiger partial charge >= 0.3 is 0 Å². The first-order valence-electron chi connectivity index (χ1n) is 11.5. The van der Waals surface area contributed by atoms with E-state index in [1.807, 2.05) is 18.2 Å². The highest BCUT2D eigenvalue weighted by Crippen LogP contribution is 2.61. The van der Waals surface area contributed by atoms with Gasteiger partial charge in [-0.15, -0.1) is 0 Å². The van der Waals surface area contributed by atoms with Crippen molar-refractivity contribution in [3.63, 3.8) is 0 Å². The first-order chi connectivity index (χ1) is 14.9. The van der Waals surface area contributed by atoms with E-state index in [2.05, 4.69) is 25.1 Å². The first-order valence-corrected chi connectivity index (χ1v) is 11.5. The van der Waals surface area contributed by atoms with Gasteiger partial charge in [-0.25, -0.2) is 0 Å². The molecule has 4 nitrogen and oxygen atoms in total. The molecule has 0 unspecified atom stereocenters. The molecule has 2 aromatic carbocycles. The van der Waals surface area contributed by atoms with Gasteiger partial charge in [0.05, 0.1) is 7.11 Å². The Labute approximate surface area is 184 Å². The third-order valence-corrected chi connectivity index (χ3v) is 8.49. The lowest BCUT2D eigenvalue weighted by Crippen LogP contribution is -2.42. The largest absolute Gasteiger partial charge is 0.497 e. The van der Waals surface area contributed by atoms with Gasteiger partial charge in [0.15, 0.2) is 0 Å². The number of fused-ring (bicyclic) bond motifs is 5.